The van der Waals surface area contributed by atoms with Gasteiger partial charge in [0.15, 0.2) is 0 Å². The van der Waals surface area contributed by atoms with E-state index in [-0.39, 0.29) is 0 Å². The van der Waals surface area contributed by atoms with Crippen molar-refractivity contribution >= 4 is 0 Å². The van der Waals surface area contributed by atoms with Crippen molar-refractivity contribution in [2.75, 3.05) is 0 Å². The van der Waals surface area contributed by atoms with Crippen LogP contribution in [0, 0.1) is 11.8 Å². The van der Waals surface area contributed by atoms with E-state index in [1.54, 1.807) is 0 Å². The van der Waals surface area contributed by atoms with E-state index < -0.39 is 0 Å². The van der Waals surface area contributed by atoms with Crippen molar-refractivity contribution in [2.24, 2.45) is 11.8 Å². The summed E-state index contributed by atoms with van der Waals surface area (Å²) < 4.78 is 0. The number of nitrogens with one attached hydrogen (secondary N) is 1. The predicted molar refractivity (Wildman–Crippen MR) is 58.9 cm³/mol. The van der Waals surface area contributed by atoms with Crippen molar-refractivity contribution in [3.8, 4) is 0 Å². The van der Waals surface area contributed by atoms with Crippen molar-refractivity contribution in [2.45, 2.75) is 65.5 Å². The van der Waals surface area contributed by atoms with Gasteiger partial charge in [-0.3, -0.25) is 0 Å². The first-order valence-corrected chi connectivity index (χ1v) is 5.85. The summed E-state index contributed by atoms with van der Waals surface area (Å²) in [6.45, 7) is 9.21. The summed E-state index contributed by atoms with van der Waals surface area (Å²) in [4.78, 5) is 0. The lowest BCUT2D eigenvalue weighted by molar-refractivity contribution is 0.232. The summed E-state index contributed by atoms with van der Waals surface area (Å²) in [6.07, 6.45) is 5.74. The molecule has 1 aliphatic carbocycles. The van der Waals surface area contributed by atoms with Gasteiger partial charge in [-0.05, 0) is 31.6 Å². The molecule has 1 rings (SSSR count). The Kier molecular flexibility index (Phi) is 4.24. The van der Waals surface area contributed by atoms with E-state index in [4.69, 9.17) is 0 Å². The fourth-order valence-corrected chi connectivity index (χ4v) is 2.45. The topological polar surface area (TPSA) is 12.0 Å². The summed E-state index contributed by atoms with van der Waals surface area (Å²) in [5.74, 6) is 1.90. The van der Waals surface area contributed by atoms with Crippen LogP contribution in [0.1, 0.15) is 53.4 Å². The van der Waals surface area contributed by atoms with Crippen molar-refractivity contribution < 1.29 is 0 Å². The summed E-state index contributed by atoms with van der Waals surface area (Å²) in [5.41, 5.74) is 0. The molecule has 0 bridgehead atoms. The van der Waals surface area contributed by atoms with E-state index in [0.717, 1.165) is 11.8 Å². The van der Waals surface area contributed by atoms with Gasteiger partial charge in [0, 0.05) is 12.1 Å². The van der Waals surface area contributed by atoms with Crippen molar-refractivity contribution in [3.63, 3.8) is 0 Å². The summed E-state index contributed by atoms with van der Waals surface area (Å²) >= 11 is 0. The summed E-state index contributed by atoms with van der Waals surface area (Å²) in [5, 5.41) is 3.63. The second-order valence-electron chi connectivity index (χ2n) is 5.13. The lowest BCUT2D eigenvalue weighted by atomic mass is 9.79. The van der Waals surface area contributed by atoms with Crippen LogP contribution in [-0.4, -0.2) is 12.1 Å². The molecule has 0 saturated heterocycles. The Balaban J connectivity index is 2.27. The third-order valence-corrected chi connectivity index (χ3v) is 3.36. The summed E-state index contributed by atoms with van der Waals surface area (Å²) in [7, 11) is 0. The average molecular weight is 183 g/mol. The lowest BCUT2D eigenvalue weighted by Crippen LogP contribution is -2.39. The first-order valence-electron chi connectivity index (χ1n) is 5.85. The van der Waals surface area contributed by atoms with Crippen molar-refractivity contribution in [1.29, 1.82) is 0 Å². The van der Waals surface area contributed by atoms with Gasteiger partial charge >= 0.3 is 0 Å². The minimum Gasteiger partial charge on any atom is -0.312 e. The van der Waals surface area contributed by atoms with E-state index in [0.29, 0.717) is 12.1 Å². The third-order valence-electron chi connectivity index (χ3n) is 3.36. The maximum atomic E-state index is 3.63. The highest BCUT2D eigenvalue weighted by molar-refractivity contribution is 4.78. The molecule has 0 heterocycles. The zero-order chi connectivity index (χ0) is 9.84. The van der Waals surface area contributed by atoms with Crippen LogP contribution in [0.4, 0.5) is 0 Å². The molecule has 0 aliphatic heterocycles. The monoisotopic (exact) mass is 183 g/mol. The van der Waals surface area contributed by atoms with Crippen LogP contribution in [0.5, 0.6) is 0 Å². The third kappa shape index (κ3) is 3.68. The zero-order valence-corrected chi connectivity index (χ0v) is 9.64. The van der Waals surface area contributed by atoms with Gasteiger partial charge in [-0.1, -0.05) is 33.6 Å². The van der Waals surface area contributed by atoms with Crippen LogP contribution in [0.15, 0.2) is 0 Å². The molecule has 0 aromatic rings. The number of rotatable bonds is 3. The number of hydrogen-bond donors (Lipinski definition) is 1. The molecule has 1 atom stereocenters. The zero-order valence-electron chi connectivity index (χ0n) is 9.64. The molecule has 78 valence electrons. The minimum absolute atomic E-state index is 0.634. The first kappa shape index (κ1) is 11.0. The molecular formula is C12H25N. The molecule has 0 aromatic heterocycles. The minimum atomic E-state index is 0.634. The second-order valence-corrected chi connectivity index (χ2v) is 5.13. The van der Waals surface area contributed by atoms with Crippen LogP contribution in [-0.2, 0) is 0 Å². The highest BCUT2D eigenvalue weighted by atomic mass is 14.9. The molecular weight excluding hydrogens is 158 g/mol. The normalized spacial score (nSPS) is 32.1. The molecule has 1 nitrogen and oxygen atoms in total. The predicted octanol–water partition coefficient (Wildman–Crippen LogP) is 3.20. The molecule has 0 aromatic carbocycles. The average Bonchev–Trinajstić information content (AvgIpc) is 2.04. The van der Waals surface area contributed by atoms with E-state index in [9.17, 15) is 0 Å². The molecule has 0 amide bonds. The van der Waals surface area contributed by atoms with Gasteiger partial charge in [-0.15, -0.1) is 0 Å². The molecule has 0 radical (unpaired) electrons. The fraction of sp³-hybridized carbons (Fsp3) is 1.00. The van der Waals surface area contributed by atoms with E-state index >= 15 is 0 Å². The van der Waals surface area contributed by atoms with Gasteiger partial charge in [-0.25, -0.2) is 0 Å². The highest BCUT2D eigenvalue weighted by Crippen LogP contribution is 2.30. The Morgan fingerprint density at radius 1 is 1.00 bits per heavy atom. The fourth-order valence-electron chi connectivity index (χ4n) is 2.45. The van der Waals surface area contributed by atoms with Gasteiger partial charge in [0.25, 0.3) is 0 Å². The van der Waals surface area contributed by atoms with Gasteiger partial charge in [0.1, 0.15) is 0 Å². The van der Waals surface area contributed by atoms with Crippen molar-refractivity contribution in [1.82, 2.24) is 5.32 Å². The Bertz CT molecular complexity index is 134. The molecule has 1 unspecified atom stereocenters. The maximum absolute atomic E-state index is 3.63. The molecule has 0 spiro atoms. The highest BCUT2D eigenvalue weighted by Gasteiger charge is 2.23. The van der Waals surface area contributed by atoms with Gasteiger partial charge in [0.05, 0.1) is 0 Å². The van der Waals surface area contributed by atoms with Crippen LogP contribution in [0.2, 0.25) is 0 Å². The number of hydrogen-bond acceptors (Lipinski definition) is 1. The maximum Gasteiger partial charge on any atom is 0.00693 e. The lowest BCUT2D eigenvalue weighted by Gasteiger charge is -2.32. The molecule has 1 fully saturated rings. The molecule has 1 aliphatic rings. The van der Waals surface area contributed by atoms with Crippen molar-refractivity contribution in [3.05, 3.63) is 0 Å². The van der Waals surface area contributed by atoms with E-state index in [2.05, 4.69) is 33.0 Å². The van der Waals surface area contributed by atoms with Gasteiger partial charge in [-0.2, -0.15) is 0 Å². The SMILES string of the molecule is CC1CCC(C(C)NC(C)C)CC1. The van der Waals surface area contributed by atoms with Gasteiger partial charge in [0.2, 0.25) is 0 Å². The molecule has 1 heteroatoms. The Morgan fingerprint density at radius 2 is 1.54 bits per heavy atom. The van der Waals surface area contributed by atoms with E-state index in [1.165, 1.54) is 25.7 Å². The smallest absolute Gasteiger partial charge is 0.00693 e. The molecule has 13 heavy (non-hydrogen) atoms. The second kappa shape index (κ2) is 4.99. The first-order chi connectivity index (χ1) is 6.09. The van der Waals surface area contributed by atoms with Gasteiger partial charge < -0.3 is 5.32 Å². The van der Waals surface area contributed by atoms with Crippen LogP contribution < -0.4 is 5.32 Å². The largest absolute Gasteiger partial charge is 0.312 e. The Hall–Kier alpha value is -0.0400. The molecule has 1 saturated carbocycles. The van der Waals surface area contributed by atoms with Crippen LogP contribution >= 0.6 is 0 Å². The quantitative estimate of drug-likeness (QED) is 0.708. The van der Waals surface area contributed by atoms with Crippen LogP contribution in [0.25, 0.3) is 0 Å². The standard InChI is InChI=1S/C12H25N/c1-9(2)13-11(4)12-7-5-10(3)6-8-12/h9-13H,5-8H2,1-4H3. The molecule has 1 N–H and O–H groups in total. The Labute approximate surface area is 83.3 Å². The summed E-state index contributed by atoms with van der Waals surface area (Å²) in [6, 6.07) is 1.35. The van der Waals surface area contributed by atoms with E-state index in [1.807, 2.05) is 0 Å². The van der Waals surface area contributed by atoms with Crippen LogP contribution in [0.3, 0.4) is 0 Å². The Morgan fingerprint density at radius 3 is 2.00 bits per heavy atom.